The van der Waals surface area contributed by atoms with Crippen LogP contribution in [0.15, 0.2) is 58.4 Å². The van der Waals surface area contributed by atoms with Crippen LogP contribution in [0.25, 0.3) is 0 Å². The number of carbonyl (C=O) groups is 1. The molecule has 0 radical (unpaired) electrons. The normalized spacial score (nSPS) is 14.4. The quantitative estimate of drug-likeness (QED) is 0.752. The minimum Gasteiger partial charge on any atom is -0.484 e. The van der Waals surface area contributed by atoms with Gasteiger partial charge in [-0.1, -0.05) is 6.42 Å². The SMILES string of the molecule is O=C(COc1ccc(F)cc1)Nc1ccc(S(=O)(=O)NC2=NCCCCC2)cc1. The molecule has 0 atom stereocenters. The lowest BCUT2D eigenvalue weighted by Crippen LogP contribution is -2.30. The molecular weight excluding hydrogens is 397 g/mol. The fraction of sp³-hybridized carbons (Fsp3) is 0.300. The van der Waals surface area contributed by atoms with Crippen molar-refractivity contribution >= 4 is 27.5 Å². The highest BCUT2D eigenvalue weighted by Gasteiger charge is 2.17. The zero-order valence-electron chi connectivity index (χ0n) is 15.7. The van der Waals surface area contributed by atoms with Crippen LogP contribution in [-0.2, 0) is 14.8 Å². The molecule has 0 aliphatic carbocycles. The van der Waals surface area contributed by atoms with E-state index in [-0.39, 0.29) is 11.5 Å². The van der Waals surface area contributed by atoms with Crippen LogP contribution in [0.1, 0.15) is 25.7 Å². The van der Waals surface area contributed by atoms with Crippen LogP contribution < -0.4 is 14.8 Å². The number of amidine groups is 1. The van der Waals surface area contributed by atoms with E-state index in [1.165, 1.54) is 48.5 Å². The van der Waals surface area contributed by atoms with Crippen molar-refractivity contribution < 1.29 is 22.3 Å². The summed E-state index contributed by atoms with van der Waals surface area (Å²) in [5, 5.41) is 2.61. The smallest absolute Gasteiger partial charge is 0.262 e. The zero-order valence-corrected chi connectivity index (χ0v) is 16.5. The van der Waals surface area contributed by atoms with E-state index in [9.17, 15) is 17.6 Å². The van der Waals surface area contributed by atoms with E-state index in [4.69, 9.17) is 4.74 Å². The molecule has 0 unspecified atom stereocenters. The number of carbonyl (C=O) groups excluding carboxylic acids is 1. The molecule has 2 aromatic rings. The Morgan fingerprint density at radius 3 is 2.48 bits per heavy atom. The third-order valence-electron chi connectivity index (χ3n) is 4.26. The maximum atomic E-state index is 12.9. The van der Waals surface area contributed by atoms with Gasteiger partial charge in [-0.2, -0.15) is 0 Å². The van der Waals surface area contributed by atoms with Gasteiger partial charge in [0.15, 0.2) is 6.61 Å². The van der Waals surface area contributed by atoms with Gasteiger partial charge in [0, 0.05) is 18.7 Å². The van der Waals surface area contributed by atoms with Crippen molar-refractivity contribution in [1.29, 1.82) is 0 Å². The molecule has 9 heteroatoms. The third kappa shape index (κ3) is 6.28. The van der Waals surface area contributed by atoms with Gasteiger partial charge in [-0.3, -0.25) is 14.5 Å². The Morgan fingerprint density at radius 2 is 1.76 bits per heavy atom. The highest BCUT2D eigenvalue weighted by Crippen LogP contribution is 2.16. The number of amides is 1. The van der Waals surface area contributed by atoms with Crippen LogP contribution >= 0.6 is 0 Å². The van der Waals surface area contributed by atoms with Gasteiger partial charge in [-0.25, -0.2) is 12.8 Å². The number of hydrogen-bond acceptors (Lipinski definition) is 5. The molecule has 0 aromatic heterocycles. The van der Waals surface area contributed by atoms with Crippen molar-refractivity contribution in [3.05, 3.63) is 54.3 Å². The van der Waals surface area contributed by atoms with Crippen LogP contribution in [0.5, 0.6) is 5.75 Å². The lowest BCUT2D eigenvalue weighted by molar-refractivity contribution is -0.118. The third-order valence-corrected chi connectivity index (χ3v) is 5.66. The molecular formula is C20H22FN3O4S. The minimum atomic E-state index is -3.72. The molecule has 2 N–H and O–H groups in total. The Labute approximate surface area is 169 Å². The van der Waals surface area contributed by atoms with E-state index < -0.39 is 21.7 Å². The number of sulfonamides is 1. The molecule has 29 heavy (non-hydrogen) atoms. The monoisotopic (exact) mass is 419 g/mol. The van der Waals surface area contributed by atoms with E-state index >= 15 is 0 Å². The Bertz CT molecular complexity index is 974. The highest BCUT2D eigenvalue weighted by molar-refractivity contribution is 7.90. The number of benzene rings is 2. The molecule has 0 bridgehead atoms. The van der Waals surface area contributed by atoms with Crippen LogP contribution in [0, 0.1) is 5.82 Å². The largest absolute Gasteiger partial charge is 0.484 e. The Kier molecular flexibility index (Phi) is 6.82. The van der Waals surface area contributed by atoms with Gasteiger partial charge in [0.1, 0.15) is 17.4 Å². The molecule has 1 aliphatic rings. The number of rotatable bonds is 6. The van der Waals surface area contributed by atoms with Crippen molar-refractivity contribution in [2.45, 2.75) is 30.6 Å². The first-order valence-electron chi connectivity index (χ1n) is 9.27. The predicted molar refractivity (Wildman–Crippen MR) is 108 cm³/mol. The summed E-state index contributed by atoms with van der Waals surface area (Å²) in [6.07, 6.45) is 3.52. The number of anilines is 1. The van der Waals surface area contributed by atoms with Crippen molar-refractivity contribution in [1.82, 2.24) is 4.72 Å². The molecule has 7 nitrogen and oxygen atoms in total. The van der Waals surface area contributed by atoms with E-state index in [1.54, 1.807) is 0 Å². The molecule has 1 amide bonds. The van der Waals surface area contributed by atoms with Crippen molar-refractivity contribution in [3.8, 4) is 5.75 Å². The van der Waals surface area contributed by atoms with Crippen LogP contribution in [0.4, 0.5) is 10.1 Å². The number of aliphatic imine (C=N–C) groups is 1. The van der Waals surface area contributed by atoms with Gasteiger partial charge in [0.25, 0.3) is 15.9 Å². The molecule has 0 fully saturated rings. The average Bonchev–Trinajstić information content (AvgIpc) is 2.96. The number of nitrogens with one attached hydrogen (secondary N) is 2. The summed E-state index contributed by atoms with van der Waals surface area (Å²) in [4.78, 5) is 16.3. The zero-order chi connectivity index (χ0) is 20.7. The van der Waals surface area contributed by atoms with Gasteiger partial charge in [0.2, 0.25) is 0 Å². The van der Waals surface area contributed by atoms with E-state index in [0.717, 1.165) is 19.3 Å². The first-order chi connectivity index (χ1) is 13.9. The molecule has 3 rings (SSSR count). The summed E-state index contributed by atoms with van der Waals surface area (Å²) in [6, 6.07) is 11.1. The van der Waals surface area contributed by atoms with Crippen molar-refractivity contribution in [3.63, 3.8) is 0 Å². The number of ether oxygens (including phenoxy) is 1. The molecule has 154 valence electrons. The van der Waals surface area contributed by atoms with Crippen LogP contribution in [0.2, 0.25) is 0 Å². The molecule has 2 aromatic carbocycles. The van der Waals surface area contributed by atoms with Crippen LogP contribution in [0.3, 0.4) is 0 Å². The molecule has 1 heterocycles. The minimum absolute atomic E-state index is 0.0880. The topological polar surface area (TPSA) is 96.9 Å². The summed E-state index contributed by atoms with van der Waals surface area (Å²) in [5.41, 5.74) is 0.434. The van der Waals surface area contributed by atoms with Crippen LogP contribution in [-0.4, -0.2) is 33.3 Å². The fourth-order valence-electron chi connectivity index (χ4n) is 2.77. The summed E-state index contributed by atoms with van der Waals surface area (Å²) in [6.45, 7) is 0.371. The van der Waals surface area contributed by atoms with Gasteiger partial charge < -0.3 is 10.1 Å². The summed E-state index contributed by atoms with van der Waals surface area (Å²) in [7, 11) is -3.72. The molecule has 0 saturated carbocycles. The van der Waals surface area contributed by atoms with E-state index in [1.807, 2.05) is 0 Å². The van der Waals surface area contributed by atoms with Crippen molar-refractivity contribution in [2.24, 2.45) is 4.99 Å². The maximum absolute atomic E-state index is 12.9. The lowest BCUT2D eigenvalue weighted by Gasteiger charge is -2.11. The average molecular weight is 419 g/mol. The van der Waals surface area contributed by atoms with Gasteiger partial charge in [0.05, 0.1) is 4.90 Å². The first kappa shape index (κ1) is 20.8. The lowest BCUT2D eigenvalue weighted by atomic mass is 10.2. The molecule has 0 spiro atoms. The molecule has 1 aliphatic heterocycles. The number of nitrogens with zero attached hydrogens (tertiary/aromatic N) is 1. The predicted octanol–water partition coefficient (Wildman–Crippen LogP) is 3.09. The van der Waals surface area contributed by atoms with Gasteiger partial charge in [-0.15, -0.1) is 0 Å². The molecule has 0 saturated heterocycles. The van der Waals surface area contributed by atoms with E-state index in [0.29, 0.717) is 30.2 Å². The van der Waals surface area contributed by atoms with Gasteiger partial charge in [-0.05, 0) is 61.4 Å². The fourth-order valence-corrected chi connectivity index (χ4v) is 3.85. The summed E-state index contributed by atoms with van der Waals surface area (Å²) < 4.78 is 45.7. The van der Waals surface area contributed by atoms with Crippen molar-refractivity contribution in [2.75, 3.05) is 18.5 Å². The Hall–Kier alpha value is -2.94. The standard InChI is InChI=1S/C20H22FN3O4S/c21-15-5-9-17(10-6-15)28-14-20(25)23-16-7-11-18(12-8-16)29(26,27)24-19-4-2-1-3-13-22-19/h5-12H,1-4,13-14H2,(H,22,24)(H,23,25). The second kappa shape index (κ2) is 9.51. The number of hydrogen-bond donors (Lipinski definition) is 2. The maximum Gasteiger partial charge on any atom is 0.262 e. The summed E-state index contributed by atoms with van der Waals surface area (Å²) in [5.74, 6) is 0.0432. The van der Waals surface area contributed by atoms with Gasteiger partial charge >= 0.3 is 0 Å². The second-order valence-electron chi connectivity index (χ2n) is 6.56. The van der Waals surface area contributed by atoms with E-state index in [2.05, 4.69) is 15.0 Å². The first-order valence-corrected chi connectivity index (χ1v) is 10.8. The Morgan fingerprint density at radius 1 is 1.03 bits per heavy atom. The highest BCUT2D eigenvalue weighted by atomic mass is 32.2. The second-order valence-corrected chi connectivity index (χ2v) is 8.24. The number of halogens is 1. The Balaban J connectivity index is 1.55. The summed E-state index contributed by atoms with van der Waals surface area (Å²) >= 11 is 0.